The normalized spacial score (nSPS) is 16.6. The molecule has 12 heteroatoms. The first-order valence-corrected chi connectivity index (χ1v) is 12.7. The number of unbranched alkanes of at least 4 members (excludes halogenated alkanes) is 1. The van der Waals surface area contributed by atoms with E-state index in [1.807, 2.05) is 13.2 Å². The van der Waals surface area contributed by atoms with E-state index in [1.165, 1.54) is 18.7 Å². The van der Waals surface area contributed by atoms with Crippen molar-refractivity contribution in [2.75, 3.05) is 18.6 Å². The summed E-state index contributed by atoms with van der Waals surface area (Å²) in [6.07, 6.45) is 3.02. The molecule has 0 aliphatic carbocycles. The predicted molar refractivity (Wildman–Crippen MR) is 128 cm³/mol. The minimum atomic E-state index is -1.20. The number of rotatable bonds is 17. The van der Waals surface area contributed by atoms with Gasteiger partial charge in [0, 0.05) is 0 Å². The molecule has 3 amide bonds. The van der Waals surface area contributed by atoms with E-state index >= 15 is 0 Å². The van der Waals surface area contributed by atoms with Crippen LogP contribution >= 0.6 is 11.8 Å². The number of aliphatic carboxylic acids is 1. The van der Waals surface area contributed by atoms with Crippen molar-refractivity contribution in [1.29, 1.82) is 0 Å². The molecule has 0 bridgehead atoms. The van der Waals surface area contributed by atoms with Crippen molar-refractivity contribution in [2.45, 2.75) is 83.1 Å². The number of aliphatic hydroxyl groups is 1. The SMILES string of the molecule is CCC(C)C(NC(=O)C(CCCCN)NC(=O)C(CCSC)NC(=O)C(N)C(C)O)C(=O)O. The number of carboxylic acids is 1. The van der Waals surface area contributed by atoms with Gasteiger partial charge in [-0.05, 0) is 57.1 Å². The van der Waals surface area contributed by atoms with E-state index in [1.54, 1.807) is 6.92 Å². The van der Waals surface area contributed by atoms with Crippen LogP contribution in [-0.2, 0) is 19.2 Å². The summed E-state index contributed by atoms with van der Waals surface area (Å²) in [4.78, 5) is 49.8. The molecule has 0 heterocycles. The van der Waals surface area contributed by atoms with E-state index in [9.17, 15) is 29.4 Å². The minimum Gasteiger partial charge on any atom is -0.480 e. The number of nitrogens with one attached hydrogen (secondary N) is 3. The van der Waals surface area contributed by atoms with Crippen LogP contribution in [0.2, 0.25) is 0 Å². The van der Waals surface area contributed by atoms with Crippen molar-refractivity contribution in [1.82, 2.24) is 16.0 Å². The third kappa shape index (κ3) is 11.7. The molecule has 0 spiro atoms. The first-order chi connectivity index (χ1) is 15.5. The lowest BCUT2D eigenvalue weighted by Crippen LogP contribution is -2.58. The Hall–Kier alpha value is -1.89. The number of hydrogen-bond donors (Lipinski definition) is 7. The second kappa shape index (κ2) is 16.7. The molecule has 0 rings (SSSR count). The summed E-state index contributed by atoms with van der Waals surface area (Å²) in [5, 5.41) is 26.7. The van der Waals surface area contributed by atoms with Crippen LogP contribution in [0.3, 0.4) is 0 Å². The maximum absolute atomic E-state index is 13.0. The van der Waals surface area contributed by atoms with Crippen LogP contribution in [0, 0.1) is 5.92 Å². The highest BCUT2D eigenvalue weighted by Gasteiger charge is 2.32. The molecule has 0 aromatic rings. The molecular formula is C21H41N5O6S. The van der Waals surface area contributed by atoms with Crippen molar-refractivity contribution < 1.29 is 29.4 Å². The van der Waals surface area contributed by atoms with E-state index in [-0.39, 0.29) is 18.8 Å². The number of carbonyl (C=O) groups excluding carboxylic acids is 3. The molecule has 0 radical (unpaired) electrons. The summed E-state index contributed by atoms with van der Waals surface area (Å²) in [6, 6.07) is -4.25. The second-order valence-corrected chi connectivity index (χ2v) is 9.15. The smallest absolute Gasteiger partial charge is 0.326 e. The number of aliphatic hydroxyl groups excluding tert-OH is 1. The quantitative estimate of drug-likeness (QED) is 0.127. The van der Waals surface area contributed by atoms with Crippen molar-refractivity contribution in [2.24, 2.45) is 17.4 Å². The number of amides is 3. The Morgan fingerprint density at radius 3 is 1.97 bits per heavy atom. The molecule has 0 saturated heterocycles. The van der Waals surface area contributed by atoms with Crippen molar-refractivity contribution in [3.05, 3.63) is 0 Å². The molecule has 0 aliphatic heterocycles. The number of nitrogens with two attached hydrogens (primary N) is 2. The fourth-order valence-electron chi connectivity index (χ4n) is 2.96. The zero-order valence-electron chi connectivity index (χ0n) is 20.0. The van der Waals surface area contributed by atoms with E-state index in [0.717, 1.165) is 0 Å². The van der Waals surface area contributed by atoms with Crippen LogP contribution in [-0.4, -0.2) is 82.7 Å². The lowest BCUT2D eigenvalue weighted by molar-refractivity contribution is -0.144. The summed E-state index contributed by atoms with van der Waals surface area (Å²) < 4.78 is 0. The molecule has 0 fully saturated rings. The Labute approximate surface area is 200 Å². The average Bonchev–Trinajstić information content (AvgIpc) is 2.77. The van der Waals surface area contributed by atoms with Crippen molar-refractivity contribution >= 4 is 35.5 Å². The van der Waals surface area contributed by atoms with Crippen LogP contribution in [0.1, 0.15) is 52.9 Å². The van der Waals surface area contributed by atoms with Gasteiger partial charge < -0.3 is 37.6 Å². The molecule has 0 saturated carbocycles. The lowest BCUT2D eigenvalue weighted by atomic mass is 9.98. The van der Waals surface area contributed by atoms with Gasteiger partial charge in [0.15, 0.2) is 0 Å². The average molecular weight is 492 g/mol. The number of carbonyl (C=O) groups is 4. The van der Waals surface area contributed by atoms with Gasteiger partial charge in [0.25, 0.3) is 0 Å². The Balaban J connectivity index is 5.52. The van der Waals surface area contributed by atoms with Gasteiger partial charge in [0.2, 0.25) is 17.7 Å². The molecule has 11 nitrogen and oxygen atoms in total. The molecule has 0 aromatic carbocycles. The maximum Gasteiger partial charge on any atom is 0.326 e. The van der Waals surface area contributed by atoms with Crippen LogP contribution in [0.25, 0.3) is 0 Å². The molecule has 0 aromatic heterocycles. The molecule has 6 atom stereocenters. The van der Waals surface area contributed by atoms with Crippen LogP contribution in [0.5, 0.6) is 0 Å². The second-order valence-electron chi connectivity index (χ2n) is 8.16. The van der Waals surface area contributed by atoms with Crippen molar-refractivity contribution in [3.8, 4) is 0 Å². The summed E-state index contributed by atoms with van der Waals surface area (Å²) in [5.74, 6) is -2.77. The Bertz CT molecular complexity index is 636. The largest absolute Gasteiger partial charge is 0.480 e. The predicted octanol–water partition coefficient (Wildman–Crippen LogP) is -0.838. The maximum atomic E-state index is 13.0. The highest BCUT2D eigenvalue weighted by Crippen LogP contribution is 2.10. The fourth-order valence-corrected chi connectivity index (χ4v) is 3.43. The Morgan fingerprint density at radius 2 is 1.48 bits per heavy atom. The third-order valence-electron chi connectivity index (χ3n) is 5.42. The molecule has 6 unspecified atom stereocenters. The molecule has 192 valence electrons. The monoisotopic (exact) mass is 491 g/mol. The highest BCUT2D eigenvalue weighted by molar-refractivity contribution is 7.98. The summed E-state index contributed by atoms with van der Waals surface area (Å²) in [7, 11) is 0. The van der Waals surface area contributed by atoms with Gasteiger partial charge in [-0.15, -0.1) is 0 Å². The number of hydrogen-bond acceptors (Lipinski definition) is 8. The van der Waals surface area contributed by atoms with Crippen LogP contribution in [0.4, 0.5) is 0 Å². The van der Waals surface area contributed by atoms with Crippen LogP contribution in [0.15, 0.2) is 0 Å². The van der Waals surface area contributed by atoms with Gasteiger partial charge in [0.1, 0.15) is 24.2 Å². The Kier molecular flexibility index (Phi) is 15.7. The summed E-state index contributed by atoms with van der Waals surface area (Å²) in [6.45, 7) is 5.33. The van der Waals surface area contributed by atoms with Crippen molar-refractivity contribution in [3.63, 3.8) is 0 Å². The fraction of sp³-hybridized carbons (Fsp3) is 0.810. The summed E-state index contributed by atoms with van der Waals surface area (Å²) >= 11 is 1.48. The number of carboxylic acid groups (broad SMARTS) is 1. The molecule has 33 heavy (non-hydrogen) atoms. The molecular weight excluding hydrogens is 450 g/mol. The number of thioether (sulfide) groups is 1. The standard InChI is InChI=1S/C21H41N5O6S/c1-5-12(2)17(21(31)32)26-19(29)14(8-6-7-10-22)24-18(28)15(9-11-33-4)25-20(30)16(23)13(3)27/h12-17,27H,5-11,22-23H2,1-4H3,(H,24,28)(H,25,30)(H,26,29)(H,31,32). The molecule has 9 N–H and O–H groups in total. The molecule has 0 aliphatic rings. The van der Waals surface area contributed by atoms with Crippen LogP contribution < -0.4 is 27.4 Å². The first kappa shape index (κ1) is 31.1. The van der Waals surface area contributed by atoms with Gasteiger partial charge in [-0.3, -0.25) is 14.4 Å². The first-order valence-electron chi connectivity index (χ1n) is 11.3. The topological polar surface area (TPSA) is 197 Å². The summed E-state index contributed by atoms with van der Waals surface area (Å²) in [5.41, 5.74) is 11.2. The minimum absolute atomic E-state index is 0.262. The zero-order chi connectivity index (χ0) is 25.6. The van der Waals surface area contributed by atoms with Gasteiger partial charge >= 0.3 is 5.97 Å². The van der Waals surface area contributed by atoms with E-state index in [2.05, 4.69) is 16.0 Å². The lowest BCUT2D eigenvalue weighted by Gasteiger charge is -2.27. The van der Waals surface area contributed by atoms with Gasteiger partial charge in [-0.25, -0.2) is 4.79 Å². The highest BCUT2D eigenvalue weighted by atomic mass is 32.2. The van der Waals surface area contributed by atoms with E-state index < -0.39 is 54.0 Å². The van der Waals surface area contributed by atoms with Gasteiger partial charge in [-0.2, -0.15) is 11.8 Å². The third-order valence-corrected chi connectivity index (χ3v) is 6.07. The zero-order valence-corrected chi connectivity index (χ0v) is 20.8. The Morgan fingerprint density at radius 1 is 0.939 bits per heavy atom. The van der Waals surface area contributed by atoms with E-state index in [4.69, 9.17) is 11.5 Å². The van der Waals surface area contributed by atoms with E-state index in [0.29, 0.717) is 31.6 Å². The van der Waals surface area contributed by atoms with Gasteiger partial charge in [-0.1, -0.05) is 20.3 Å². The van der Waals surface area contributed by atoms with Gasteiger partial charge in [0.05, 0.1) is 6.10 Å².